The first-order valence-corrected chi connectivity index (χ1v) is 7.67. The number of hydrogen-bond acceptors (Lipinski definition) is 3. The van der Waals surface area contributed by atoms with E-state index >= 15 is 0 Å². The van der Waals surface area contributed by atoms with Crippen molar-refractivity contribution < 1.29 is 9.53 Å². The molecule has 0 aromatic heterocycles. The number of rotatable bonds is 0. The van der Waals surface area contributed by atoms with Crippen LogP contribution in [0.15, 0.2) is 24.3 Å². The topological polar surface area (TPSA) is 55.6 Å². The van der Waals surface area contributed by atoms with E-state index in [0.29, 0.717) is 0 Å². The highest BCUT2D eigenvalue weighted by molar-refractivity contribution is 5.70. The fraction of sp³-hybridized carbons (Fsp3) is 0.588. The van der Waals surface area contributed by atoms with Crippen molar-refractivity contribution in [2.75, 3.05) is 6.54 Å². The van der Waals surface area contributed by atoms with Crippen molar-refractivity contribution in [2.45, 2.75) is 57.2 Å². The lowest BCUT2D eigenvalue weighted by atomic mass is 9.88. The molecule has 3 rings (SSSR count). The van der Waals surface area contributed by atoms with Crippen LogP contribution in [-0.2, 0) is 11.2 Å². The van der Waals surface area contributed by atoms with E-state index in [4.69, 9.17) is 10.5 Å². The summed E-state index contributed by atoms with van der Waals surface area (Å²) >= 11 is 0. The molecule has 2 N–H and O–H groups in total. The van der Waals surface area contributed by atoms with E-state index in [2.05, 4.69) is 12.1 Å². The van der Waals surface area contributed by atoms with Gasteiger partial charge in [0.1, 0.15) is 5.60 Å². The Morgan fingerprint density at radius 2 is 2.10 bits per heavy atom. The largest absolute Gasteiger partial charge is 0.444 e. The number of benzene rings is 1. The van der Waals surface area contributed by atoms with Gasteiger partial charge in [0.25, 0.3) is 0 Å². The summed E-state index contributed by atoms with van der Waals surface area (Å²) in [4.78, 5) is 14.4. The lowest BCUT2D eigenvalue weighted by molar-refractivity contribution is 0.00495. The standard InChI is InChI=1S/C17H24N2O2/c1-16(2,3)21-15(20)19-10-6-9-17(19)11-12-7-4-5-8-13(12)14(17)18/h4-5,7-8,14H,6,9-11,18H2,1-3H3. The maximum absolute atomic E-state index is 12.6. The highest BCUT2D eigenvalue weighted by atomic mass is 16.6. The highest BCUT2D eigenvalue weighted by Crippen LogP contribution is 2.47. The second-order valence-corrected chi connectivity index (χ2v) is 7.19. The number of nitrogens with zero attached hydrogens (tertiary/aromatic N) is 1. The molecule has 2 unspecified atom stereocenters. The zero-order valence-corrected chi connectivity index (χ0v) is 13.1. The molecule has 1 aliphatic heterocycles. The number of amides is 1. The minimum absolute atomic E-state index is 0.122. The van der Waals surface area contributed by atoms with Gasteiger partial charge in [0.05, 0.1) is 11.6 Å². The summed E-state index contributed by atoms with van der Waals surface area (Å²) in [5, 5.41) is 0. The molecule has 1 saturated heterocycles. The average Bonchev–Trinajstić information content (AvgIpc) is 2.92. The summed E-state index contributed by atoms with van der Waals surface area (Å²) in [6, 6.07) is 8.14. The summed E-state index contributed by atoms with van der Waals surface area (Å²) in [7, 11) is 0. The molecule has 1 amide bonds. The SMILES string of the molecule is CC(C)(C)OC(=O)N1CCCC12Cc1ccccc1C2N. The minimum Gasteiger partial charge on any atom is -0.444 e. The second kappa shape index (κ2) is 4.73. The monoisotopic (exact) mass is 288 g/mol. The van der Waals surface area contributed by atoms with Crippen LogP contribution < -0.4 is 5.73 Å². The number of carbonyl (C=O) groups is 1. The molecule has 1 heterocycles. The quantitative estimate of drug-likeness (QED) is 0.798. The molecule has 4 nitrogen and oxygen atoms in total. The third-order valence-electron chi connectivity index (χ3n) is 4.61. The average molecular weight is 288 g/mol. The van der Waals surface area contributed by atoms with E-state index in [0.717, 1.165) is 25.8 Å². The molecular formula is C17H24N2O2. The molecule has 1 aromatic rings. The van der Waals surface area contributed by atoms with E-state index in [1.165, 1.54) is 11.1 Å². The Kier molecular flexibility index (Phi) is 3.24. The predicted octanol–water partition coefficient (Wildman–Crippen LogP) is 3.01. The van der Waals surface area contributed by atoms with Crippen LogP contribution in [-0.4, -0.2) is 28.7 Å². The Hall–Kier alpha value is -1.55. The Bertz CT molecular complexity index is 564. The molecule has 2 aliphatic rings. The maximum atomic E-state index is 12.6. The zero-order valence-electron chi connectivity index (χ0n) is 13.1. The van der Waals surface area contributed by atoms with Crippen molar-refractivity contribution in [3.05, 3.63) is 35.4 Å². The second-order valence-electron chi connectivity index (χ2n) is 7.19. The van der Waals surface area contributed by atoms with E-state index < -0.39 is 5.60 Å². The number of fused-ring (bicyclic) bond motifs is 1. The Morgan fingerprint density at radius 1 is 1.38 bits per heavy atom. The first-order valence-electron chi connectivity index (χ1n) is 7.67. The first-order chi connectivity index (χ1) is 9.83. The molecule has 1 aromatic carbocycles. The summed E-state index contributed by atoms with van der Waals surface area (Å²) in [6.45, 7) is 6.43. The fourth-order valence-electron chi connectivity index (χ4n) is 3.73. The van der Waals surface area contributed by atoms with E-state index in [1.807, 2.05) is 37.8 Å². The van der Waals surface area contributed by atoms with Gasteiger partial charge in [-0.05, 0) is 51.2 Å². The molecule has 0 saturated carbocycles. The van der Waals surface area contributed by atoms with Gasteiger partial charge >= 0.3 is 6.09 Å². The van der Waals surface area contributed by atoms with Gasteiger partial charge in [-0.25, -0.2) is 4.79 Å². The Morgan fingerprint density at radius 3 is 2.76 bits per heavy atom. The van der Waals surface area contributed by atoms with Crippen LogP contribution in [0.1, 0.15) is 50.8 Å². The van der Waals surface area contributed by atoms with Crippen molar-refractivity contribution in [1.82, 2.24) is 4.90 Å². The van der Waals surface area contributed by atoms with Gasteiger partial charge in [0.15, 0.2) is 0 Å². The van der Waals surface area contributed by atoms with Crippen molar-refractivity contribution in [2.24, 2.45) is 5.73 Å². The van der Waals surface area contributed by atoms with Crippen LogP contribution in [0, 0.1) is 0 Å². The van der Waals surface area contributed by atoms with Gasteiger partial charge in [-0.3, -0.25) is 0 Å². The molecule has 1 fully saturated rings. The van der Waals surface area contributed by atoms with Crippen LogP contribution in [0.25, 0.3) is 0 Å². The Balaban J connectivity index is 1.90. The third-order valence-corrected chi connectivity index (χ3v) is 4.61. The number of hydrogen-bond donors (Lipinski definition) is 1. The Labute approximate surface area is 126 Å². The van der Waals surface area contributed by atoms with Gasteiger partial charge < -0.3 is 15.4 Å². The summed E-state index contributed by atoms with van der Waals surface area (Å²) in [5.41, 5.74) is 8.19. The number of likely N-dealkylation sites (tertiary alicyclic amines) is 1. The predicted molar refractivity (Wildman–Crippen MR) is 82.0 cm³/mol. The first kappa shape index (κ1) is 14.4. The number of nitrogens with two attached hydrogens (primary N) is 1. The van der Waals surface area contributed by atoms with Gasteiger partial charge in [0, 0.05) is 6.54 Å². The molecule has 1 aliphatic carbocycles. The van der Waals surface area contributed by atoms with Crippen molar-refractivity contribution in [1.29, 1.82) is 0 Å². The lowest BCUT2D eigenvalue weighted by Crippen LogP contribution is -2.53. The minimum atomic E-state index is -0.476. The van der Waals surface area contributed by atoms with Crippen LogP contribution in [0.2, 0.25) is 0 Å². The smallest absolute Gasteiger partial charge is 0.410 e. The molecule has 0 radical (unpaired) electrons. The van der Waals surface area contributed by atoms with Crippen LogP contribution in [0.5, 0.6) is 0 Å². The zero-order chi connectivity index (χ0) is 15.3. The molecular weight excluding hydrogens is 264 g/mol. The van der Waals surface area contributed by atoms with Crippen molar-refractivity contribution in [3.63, 3.8) is 0 Å². The van der Waals surface area contributed by atoms with Gasteiger partial charge in [-0.1, -0.05) is 24.3 Å². The van der Waals surface area contributed by atoms with Crippen LogP contribution in [0.4, 0.5) is 4.79 Å². The number of ether oxygens (including phenoxy) is 1. The van der Waals surface area contributed by atoms with E-state index in [9.17, 15) is 4.79 Å². The van der Waals surface area contributed by atoms with Crippen molar-refractivity contribution >= 4 is 6.09 Å². The molecule has 114 valence electrons. The molecule has 1 spiro atoms. The molecule has 0 bridgehead atoms. The van der Waals surface area contributed by atoms with E-state index in [-0.39, 0.29) is 17.7 Å². The summed E-state index contributed by atoms with van der Waals surface area (Å²) in [5.74, 6) is 0. The van der Waals surface area contributed by atoms with Gasteiger partial charge in [-0.2, -0.15) is 0 Å². The van der Waals surface area contributed by atoms with Crippen molar-refractivity contribution in [3.8, 4) is 0 Å². The van der Waals surface area contributed by atoms with E-state index in [1.54, 1.807) is 0 Å². The number of carbonyl (C=O) groups excluding carboxylic acids is 1. The fourth-order valence-corrected chi connectivity index (χ4v) is 3.73. The lowest BCUT2D eigenvalue weighted by Gasteiger charge is -2.39. The van der Waals surface area contributed by atoms with Gasteiger partial charge in [-0.15, -0.1) is 0 Å². The molecule has 4 heteroatoms. The maximum Gasteiger partial charge on any atom is 0.410 e. The normalized spacial score (nSPS) is 28.0. The third kappa shape index (κ3) is 2.31. The molecule has 2 atom stereocenters. The van der Waals surface area contributed by atoms with Crippen LogP contribution >= 0.6 is 0 Å². The summed E-state index contributed by atoms with van der Waals surface area (Å²) in [6.07, 6.45) is 2.54. The van der Waals surface area contributed by atoms with Gasteiger partial charge in [0.2, 0.25) is 0 Å². The highest BCUT2D eigenvalue weighted by Gasteiger charge is 2.53. The van der Waals surface area contributed by atoms with Crippen LogP contribution in [0.3, 0.4) is 0 Å². The molecule has 21 heavy (non-hydrogen) atoms. The summed E-state index contributed by atoms with van der Waals surface area (Å²) < 4.78 is 5.59.